The van der Waals surface area contributed by atoms with Gasteiger partial charge in [-0.15, -0.1) is 0 Å². The molecule has 0 aromatic carbocycles. The van der Waals surface area contributed by atoms with Crippen molar-refractivity contribution in [3.8, 4) is 5.88 Å². The number of hydrogen-bond donors (Lipinski definition) is 4. The Labute approximate surface area is 195 Å². The number of phosphoric ester groups is 1. The Morgan fingerprint density at radius 1 is 1.33 bits per heavy atom. The molecule has 7 N–H and O–H groups in total. The van der Waals surface area contributed by atoms with Crippen LogP contribution >= 0.6 is 7.82 Å². The minimum atomic E-state index is -5.02. The van der Waals surface area contributed by atoms with Crippen molar-refractivity contribution in [2.75, 3.05) is 12.3 Å². The van der Waals surface area contributed by atoms with Crippen molar-refractivity contribution in [3.05, 3.63) is 6.33 Å². The molecule has 1 unspecified atom stereocenters. The molecule has 0 bridgehead atoms. The van der Waals surface area contributed by atoms with E-state index in [1.807, 2.05) is 0 Å². The average Bonchev–Trinajstić information content (AvgIpc) is 3.00. The summed E-state index contributed by atoms with van der Waals surface area (Å²) in [6, 6.07) is 0. The number of aliphatic hydroxyl groups is 2. The van der Waals surface area contributed by atoms with Crippen LogP contribution in [0.2, 0.25) is 0 Å². The van der Waals surface area contributed by atoms with E-state index in [0.717, 1.165) is 10.9 Å². The number of aliphatic hydroxyl groups excluding tert-OH is 2. The number of anilines is 1. The molecule has 3 heterocycles. The molecule has 2 aromatic heterocycles. The van der Waals surface area contributed by atoms with E-state index in [1.165, 1.54) is 0 Å². The van der Waals surface area contributed by atoms with Crippen molar-refractivity contribution in [2.24, 2.45) is 0 Å². The van der Waals surface area contributed by atoms with E-state index in [9.17, 15) is 24.8 Å². The van der Waals surface area contributed by atoms with Crippen LogP contribution in [0, 0.1) is 0 Å². The van der Waals surface area contributed by atoms with Gasteiger partial charge in [0.2, 0.25) is 5.95 Å². The summed E-state index contributed by atoms with van der Waals surface area (Å²) in [4.78, 5) is 30.3. The first-order chi connectivity index (χ1) is 11.2. The number of rotatable bonds is 4. The Hall–Kier alpha value is 0.1000. The Bertz CT molecular complexity index is 820. The molecule has 0 saturated carbocycles. The largest absolute Gasteiger partial charge is 1.00 e. The first-order valence-electron chi connectivity index (χ1n) is 6.54. The van der Waals surface area contributed by atoms with Gasteiger partial charge in [-0.05, 0) is 0 Å². The van der Waals surface area contributed by atoms with Gasteiger partial charge in [0.25, 0.3) is 7.82 Å². The summed E-state index contributed by atoms with van der Waals surface area (Å²) in [5, 5.41) is 31.7. The summed E-state index contributed by atoms with van der Waals surface area (Å²) < 4.78 is 21.3. The molecule has 27 heavy (non-hydrogen) atoms. The van der Waals surface area contributed by atoms with Gasteiger partial charge in [0.05, 0.1) is 12.9 Å². The Balaban J connectivity index is 0.00000225. The summed E-state index contributed by atoms with van der Waals surface area (Å²) in [6.45, 7) is -0.720. The van der Waals surface area contributed by atoms with Crippen LogP contribution in [-0.4, -0.2) is 65.0 Å². The predicted molar refractivity (Wildman–Crippen MR) is 74.5 cm³/mol. The second kappa shape index (κ2) is 10.2. The average molecular weight is 425 g/mol. The third-order valence-corrected chi connectivity index (χ3v) is 3.90. The predicted octanol–water partition coefficient (Wildman–Crippen LogP) is -10.2. The monoisotopic (exact) mass is 425 g/mol. The van der Waals surface area contributed by atoms with Gasteiger partial charge >= 0.3 is 59.1 Å². The number of aromatic nitrogens is 4. The number of hydrogen-bond acceptors (Lipinski definition) is 11. The van der Waals surface area contributed by atoms with Crippen molar-refractivity contribution in [3.63, 3.8) is 0 Å². The number of fused-ring (bicyclic) bond motifs is 1. The molecule has 5 atom stereocenters. The summed E-state index contributed by atoms with van der Waals surface area (Å²) in [5.74, 6) is -1.04. The number of ether oxygens (including phenoxy) is 1. The van der Waals surface area contributed by atoms with Gasteiger partial charge < -0.3 is 45.6 Å². The Morgan fingerprint density at radius 2 is 1.96 bits per heavy atom. The fourth-order valence-corrected chi connectivity index (χ4v) is 2.69. The number of imidazole rings is 1. The third-order valence-electron chi connectivity index (χ3n) is 3.42. The fraction of sp³-hybridized carbons (Fsp3) is 0.500. The second-order valence-electron chi connectivity index (χ2n) is 5.02. The number of nitrogens with two attached hydrogens (primary N) is 1. The zero-order valence-corrected chi connectivity index (χ0v) is 19.2. The molecule has 0 radical (unpaired) electrons. The number of nitrogens with zero attached hydrogens (tertiary/aromatic N) is 4. The van der Waals surface area contributed by atoms with Crippen LogP contribution in [0.5, 0.6) is 5.88 Å². The second-order valence-corrected chi connectivity index (χ2v) is 6.22. The van der Waals surface area contributed by atoms with Gasteiger partial charge in [-0.1, -0.05) is 0 Å². The van der Waals surface area contributed by atoms with E-state index < -0.39 is 44.8 Å². The van der Waals surface area contributed by atoms with E-state index in [4.69, 9.17) is 15.4 Å². The van der Waals surface area contributed by atoms with Crippen LogP contribution in [0.4, 0.5) is 5.95 Å². The van der Waals surface area contributed by atoms with Crippen molar-refractivity contribution >= 4 is 24.9 Å². The minimum Gasteiger partial charge on any atom is -0.857 e. The molecular weight excluding hydrogens is 411 g/mol. The Morgan fingerprint density at radius 3 is 2.56 bits per heavy atom. The molecule has 1 fully saturated rings. The maximum atomic E-state index is 11.7. The smallest absolute Gasteiger partial charge is 0.857 e. The van der Waals surface area contributed by atoms with Crippen LogP contribution in [0.25, 0.3) is 11.2 Å². The topological polar surface area (TPSA) is 243 Å². The first kappa shape index (κ1) is 27.1. The van der Waals surface area contributed by atoms with E-state index in [-0.39, 0.29) is 81.7 Å². The number of phosphoric acid groups is 1. The fourth-order valence-electron chi connectivity index (χ4n) is 2.36. The summed E-state index contributed by atoms with van der Waals surface area (Å²) in [7, 11) is -5.02. The standard InChI is InChI=1S/C10H14N5O8P.2Na.H2O/c11-10-13-7-4(8(18)14-10)12-2-15(7)9-6(17)5(16)3(23-9)1-22-24(19,20)21;;;/h2-3,5-6,9,16-17H,1H2,(H2,19,20,21)(H3,11,13,14,18);;;1H2/q;2*+1;/p-2/t3-,5-,6-,9-;;;/m1.../s1. The summed E-state index contributed by atoms with van der Waals surface area (Å²) in [6.07, 6.45) is -4.40. The van der Waals surface area contributed by atoms with Crippen molar-refractivity contribution in [2.45, 2.75) is 24.5 Å². The summed E-state index contributed by atoms with van der Waals surface area (Å²) >= 11 is 0. The maximum absolute atomic E-state index is 11.7. The molecule has 0 amide bonds. The number of nitrogen functional groups attached to an aromatic ring is 1. The molecule has 1 saturated heterocycles. The zero-order chi connectivity index (χ0) is 17.6. The molecular formula is C10H14N5Na2O9P. The third kappa shape index (κ3) is 5.81. The van der Waals surface area contributed by atoms with Crippen LogP contribution < -0.4 is 74.8 Å². The molecule has 17 heteroatoms. The SMILES string of the molecule is Nc1nc([O-])c2ncn([C@@H]3O[C@H](COP(=O)([O-])O)[C@@H](O)[C@H]3O)c2n1.O.[Na+].[Na+]. The molecule has 0 spiro atoms. The van der Waals surface area contributed by atoms with Gasteiger partial charge in [-0.2, -0.15) is 4.98 Å². The zero-order valence-electron chi connectivity index (χ0n) is 14.3. The minimum absolute atomic E-state index is 0. The molecule has 3 rings (SSSR count). The normalized spacial score (nSPS) is 26.5. The maximum Gasteiger partial charge on any atom is 1.00 e. The van der Waals surface area contributed by atoms with E-state index in [0.29, 0.717) is 0 Å². The quantitative estimate of drug-likeness (QED) is 0.263. The molecule has 14 nitrogen and oxygen atoms in total. The van der Waals surface area contributed by atoms with E-state index >= 15 is 0 Å². The first-order valence-corrected chi connectivity index (χ1v) is 8.04. The van der Waals surface area contributed by atoms with Crippen LogP contribution in [0.15, 0.2) is 6.33 Å². The Kier molecular flexibility index (Phi) is 10.3. The van der Waals surface area contributed by atoms with Gasteiger partial charge in [0.1, 0.15) is 23.8 Å². The van der Waals surface area contributed by atoms with Gasteiger partial charge in [0.15, 0.2) is 11.9 Å². The molecule has 0 aliphatic carbocycles. The summed E-state index contributed by atoms with van der Waals surface area (Å²) in [5.41, 5.74) is 5.26. The van der Waals surface area contributed by atoms with Crippen molar-refractivity contribution < 1.29 is 104 Å². The van der Waals surface area contributed by atoms with Gasteiger partial charge in [0, 0.05) is 5.88 Å². The molecule has 140 valence electrons. The van der Waals surface area contributed by atoms with Crippen molar-refractivity contribution in [1.82, 2.24) is 19.5 Å². The van der Waals surface area contributed by atoms with Gasteiger partial charge in [-0.25, -0.2) is 9.97 Å². The van der Waals surface area contributed by atoms with E-state index in [2.05, 4.69) is 19.5 Å². The van der Waals surface area contributed by atoms with Crippen LogP contribution in [-0.2, 0) is 13.8 Å². The molecule has 1 aliphatic rings. The molecule has 2 aromatic rings. The van der Waals surface area contributed by atoms with E-state index in [1.54, 1.807) is 0 Å². The molecule has 1 aliphatic heterocycles. The van der Waals surface area contributed by atoms with Crippen molar-refractivity contribution in [1.29, 1.82) is 0 Å². The van der Waals surface area contributed by atoms with Crippen LogP contribution in [0.3, 0.4) is 0 Å². The van der Waals surface area contributed by atoms with Crippen LogP contribution in [0.1, 0.15) is 6.23 Å². The van der Waals surface area contributed by atoms with Gasteiger partial charge in [-0.3, -0.25) is 9.13 Å².